The number of carbonyl (C=O) groups is 1. The average Bonchev–Trinajstić information content (AvgIpc) is 3.53. The van der Waals surface area contributed by atoms with Crippen LogP contribution < -0.4 is 5.32 Å². The van der Waals surface area contributed by atoms with Crippen molar-refractivity contribution < 1.29 is 31.5 Å². The number of hydrogen-bond donors (Lipinski definition) is 2. The number of rotatable bonds is 8. The molecule has 1 aliphatic carbocycles. The summed E-state index contributed by atoms with van der Waals surface area (Å²) in [5.74, 6) is -1.74. The fourth-order valence-corrected chi connectivity index (χ4v) is 4.60. The number of halogens is 3. The zero-order valence-electron chi connectivity index (χ0n) is 16.0. The van der Waals surface area contributed by atoms with Gasteiger partial charge in [0, 0.05) is 29.6 Å². The van der Waals surface area contributed by atoms with Crippen LogP contribution in [0.3, 0.4) is 0 Å². The van der Waals surface area contributed by atoms with E-state index >= 15 is 0 Å². The molecule has 1 aromatic heterocycles. The van der Waals surface area contributed by atoms with E-state index in [1.54, 1.807) is 35.8 Å². The minimum atomic E-state index is -3.30. The molecule has 1 fully saturated rings. The summed E-state index contributed by atoms with van der Waals surface area (Å²) in [6, 6.07) is 8.40. The quantitative estimate of drug-likeness (QED) is 0.655. The standard InChI is InChI=1S/C20H21F3N2O4S/c1-30(28,29)17-8-14(17)15-7-6-13(10-24-15)11-2-4-12(5-3-11)18(26)16(9-21)25-20(27)19(22)23/h2-7,10,14,16-19,26H,8-9H2,1H3,(H,25,27)/t14?,16-,17?,18-/m1/s1. The minimum Gasteiger partial charge on any atom is -0.386 e. The maximum Gasteiger partial charge on any atom is 0.315 e. The predicted molar refractivity (Wildman–Crippen MR) is 105 cm³/mol. The van der Waals surface area contributed by atoms with Gasteiger partial charge < -0.3 is 10.4 Å². The number of aliphatic hydroxyl groups excluding tert-OH is 1. The van der Waals surface area contributed by atoms with Crippen molar-refractivity contribution in [1.82, 2.24) is 10.3 Å². The van der Waals surface area contributed by atoms with Gasteiger partial charge in [0.15, 0.2) is 9.84 Å². The lowest BCUT2D eigenvalue weighted by Gasteiger charge is -2.22. The molecule has 1 aliphatic rings. The number of aliphatic hydroxyl groups is 1. The second kappa shape index (κ2) is 8.73. The van der Waals surface area contributed by atoms with E-state index in [4.69, 9.17) is 0 Å². The third-order valence-corrected chi connectivity index (χ3v) is 6.73. The molecule has 162 valence electrons. The first-order chi connectivity index (χ1) is 14.1. The molecule has 4 atom stereocenters. The molecular weight excluding hydrogens is 421 g/mol. The number of nitrogens with zero attached hydrogens (tertiary/aromatic N) is 1. The highest BCUT2D eigenvalue weighted by atomic mass is 32.2. The lowest BCUT2D eigenvalue weighted by atomic mass is 9.99. The Labute approximate surface area is 172 Å². The van der Waals surface area contributed by atoms with E-state index in [-0.39, 0.29) is 16.7 Å². The van der Waals surface area contributed by atoms with Crippen molar-refractivity contribution >= 4 is 15.7 Å². The number of carbonyl (C=O) groups excluding carboxylic acids is 1. The van der Waals surface area contributed by atoms with Crippen molar-refractivity contribution in [2.24, 2.45) is 0 Å². The van der Waals surface area contributed by atoms with Crippen molar-refractivity contribution in [1.29, 1.82) is 0 Å². The van der Waals surface area contributed by atoms with Crippen LogP contribution in [0.5, 0.6) is 0 Å². The molecule has 30 heavy (non-hydrogen) atoms. The number of sulfone groups is 1. The van der Waals surface area contributed by atoms with Gasteiger partial charge in [0.1, 0.15) is 12.8 Å². The topological polar surface area (TPSA) is 96.4 Å². The molecule has 2 aromatic rings. The lowest BCUT2D eigenvalue weighted by Crippen LogP contribution is -2.43. The van der Waals surface area contributed by atoms with Crippen molar-refractivity contribution in [2.45, 2.75) is 36.2 Å². The van der Waals surface area contributed by atoms with E-state index in [1.807, 2.05) is 0 Å². The van der Waals surface area contributed by atoms with Gasteiger partial charge in [-0.05, 0) is 23.6 Å². The minimum absolute atomic E-state index is 0.0901. The first-order valence-corrected chi connectivity index (χ1v) is 11.1. The maximum absolute atomic E-state index is 13.1. The van der Waals surface area contributed by atoms with E-state index in [1.165, 1.54) is 18.4 Å². The number of pyridine rings is 1. The first kappa shape index (κ1) is 22.2. The number of amides is 1. The van der Waals surface area contributed by atoms with Crippen LogP contribution in [0, 0.1) is 0 Å². The summed E-state index contributed by atoms with van der Waals surface area (Å²) < 4.78 is 61.0. The van der Waals surface area contributed by atoms with Crippen LogP contribution in [0.1, 0.15) is 29.7 Å². The summed E-state index contributed by atoms with van der Waals surface area (Å²) in [4.78, 5) is 15.4. The molecule has 1 aromatic carbocycles. The molecule has 0 spiro atoms. The van der Waals surface area contributed by atoms with E-state index in [2.05, 4.69) is 4.98 Å². The Morgan fingerprint density at radius 1 is 1.20 bits per heavy atom. The van der Waals surface area contributed by atoms with Crippen molar-refractivity contribution in [3.05, 3.63) is 53.9 Å². The van der Waals surface area contributed by atoms with Crippen LogP contribution >= 0.6 is 0 Å². The molecule has 6 nitrogen and oxygen atoms in total. The van der Waals surface area contributed by atoms with Gasteiger partial charge in [0.05, 0.1) is 11.3 Å². The number of aromatic nitrogens is 1. The predicted octanol–water partition coefficient (Wildman–Crippen LogP) is 2.40. The Bertz CT molecular complexity index is 998. The molecular formula is C20H21F3N2O4S. The highest BCUT2D eigenvalue weighted by molar-refractivity contribution is 7.91. The molecule has 10 heteroatoms. The molecule has 2 N–H and O–H groups in total. The van der Waals surface area contributed by atoms with Crippen LogP contribution in [0.2, 0.25) is 0 Å². The van der Waals surface area contributed by atoms with Crippen molar-refractivity contribution in [2.75, 3.05) is 12.9 Å². The number of benzene rings is 1. The monoisotopic (exact) mass is 442 g/mol. The third-order valence-electron chi connectivity index (χ3n) is 5.11. The Morgan fingerprint density at radius 2 is 1.83 bits per heavy atom. The summed E-state index contributed by atoms with van der Waals surface area (Å²) in [7, 11) is -3.08. The molecule has 3 rings (SSSR count). The molecule has 0 bridgehead atoms. The highest BCUT2D eigenvalue weighted by Crippen LogP contribution is 2.44. The number of nitrogens with one attached hydrogen (secondary N) is 1. The maximum atomic E-state index is 13.1. The molecule has 0 saturated heterocycles. The van der Waals surface area contributed by atoms with Crippen LogP contribution in [0.15, 0.2) is 42.6 Å². The van der Waals surface area contributed by atoms with E-state index in [0.29, 0.717) is 12.1 Å². The van der Waals surface area contributed by atoms with Crippen LogP contribution in [-0.4, -0.2) is 55.1 Å². The fraction of sp³-hybridized carbons (Fsp3) is 0.400. The van der Waals surface area contributed by atoms with Gasteiger partial charge in [-0.2, -0.15) is 8.78 Å². The van der Waals surface area contributed by atoms with Gasteiger partial charge in [0.25, 0.3) is 5.91 Å². The summed E-state index contributed by atoms with van der Waals surface area (Å²) in [5, 5.41) is 11.6. The molecule has 1 saturated carbocycles. The average molecular weight is 442 g/mol. The smallest absolute Gasteiger partial charge is 0.315 e. The fourth-order valence-electron chi connectivity index (χ4n) is 3.30. The lowest BCUT2D eigenvalue weighted by molar-refractivity contribution is -0.133. The van der Waals surface area contributed by atoms with Gasteiger partial charge >= 0.3 is 6.43 Å². The van der Waals surface area contributed by atoms with Gasteiger partial charge in [-0.1, -0.05) is 30.3 Å². The largest absolute Gasteiger partial charge is 0.386 e. The molecule has 2 unspecified atom stereocenters. The van der Waals surface area contributed by atoms with Gasteiger partial charge in [-0.25, -0.2) is 12.8 Å². The second-order valence-corrected chi connectivity index (χ2v) is 9.58. The number of alkyl halides is 3. The van der Waals surface area contributed by atoms with Gasteiger partial charge in [-0.3, -0.25) is 9.78 Å². The van der Waals surface area contributed by atoms with Gasteiger partial charge in [0.2, 0.25) is 0 Å². The van der Waals surface area contributed by atoms with E-state index in [0.717, 1.165) is 11.1 Å². The normalized spacial score (nSPS) is 20.6. The Morgan fingerprint density at radius 3 is 2.30 bits per heavy atom. The molecule has 0 aliphatic heterocycles. The molecule has 1 amide bonds. The van der Waals surface area contributed by atoms with Gasteiger partial charge in [-0.15, -0.1) is 0 Å². The number of hydrogen-bond acceptors (Lipinski definition) is 5. The zero-order chi connectivity index (χ0) is 22.1. The Hall–Kier alpha value is -2.46. The summed E-state index contributed by atoms with van der Waals surface area (Å²) >= 11 is 0. The SMILES string of the molecule is CS(=O)(=O)C1CC1c1ccc(-c2ccc([C@@H](O)[C@@H](CF)NC(=O)C(F)F)cc2)cn1. The van der Waals surface area contributed by atoms with Crippen molar-refractivity contribution in [3.8, 4) is 11.1 Å². The molecule has 1 heterocycles. The Balaban J connectivity index is 1.69. The highest BCUT2D eigenvalue weighted by Gasteiger charge is 2.46. The second-order valence-electron chi connectivity index (χ2n) is 7.32. The summed E-state index contributed by atoms with van der Waals surface area (Å²) in [5.41, 5.74) is 2.47. The van der Waals surface area contributed by atoms with Crippen molar-refractivity contribution in [3.63, 3.8) is 0 Å². The zero-order valence-corrected chi connectivity index (χ0v) is 16.8. The third kappa shape index (κ3) is 4.99. The van der Waals surface area contributed by atoms with Crippen LogP contribution in [-0.2, 0) is 14.6 Å². The first-order valence-electron chi connectivity index (χ1n) is 9.19. The van der Waals surface area contributed by atoms with E-state index in [9.17, 15) is 31.5 Å². The summed E-state index contributed by atoms with van der Waals surface area (Å²) in [6.45, 7) is -1.21. The van der Waals surface area contributed by atoms with Crippen LogP contribution in [0.25, 0.3) is 11.1 Å². The van der Waals surface area contributed by atoms with Crippen LogP contribution in [0.4, 0.5) is 13.2 Å². The molecule has 0 radical (unpaired) electrons. The van der Waals surface area contributed by atoms with E-state index < -0.39 is 41.0 Å². The Kier molecular flexibility index (Phi) is 6.47. The summed E-state index contributed by atoms with van der Waals surface area (Å²) in [6.07, 6.45) is -1.39.